The number of anilines is 1. The normalized spacial score (nSPS) is 13.8. The molecule has 1 aliphatic carbocycles. The van der Waals surface area contributed by atoms with Gasteiger partial charge in [-0.1, -0.05) is 13.8 Å². The van der Waals surface area contributed by atoms with E-state index in [1.807, 2.05) is 0 Å². The Morgan fingerprint density at radius 2 is 2.17 bits per heavy atom. The highest BCUT2D eigenvalue weighted by Crippen LogP contribution is 2.16. The van der Waals surface area contributed by atoms with Gasteiger partial charge in [0, 0.05) is 12.5 Å². The molecule has 0 aliphatic heterocycles. The van der Waals surface area contributed by atoms with E-state index >= 15 is 0 Å². The summed E-state index contributed by atoms with van der Waals surface area (Å²) in [7, 11) is 0. The van der Waals surface area contributed by atoms with E-state index in [-0.39, 0.29) is 24.0 Å². The predicted molar refractivity (Wildman–Crippen MR) is 88.7 cm³/mol. The number of nitrogens with zero attached hydrogens (tertiary/aromatic N) is 4. The van der Waals surface area contributed by atoms with E-state index in [1.165, 1.54) is 4.68 Å². The van der Waals surface area contributed by atoms with Gasteiger partial charge in [-0.05, 0) is 37.2 Å². The molecule has 3 rings (SSSR count). The van der Waals surface area contributed by atoms with Gasteiger partial charge in [-0.2, -0.15) is 10.1 Å². The molecule has 8 heteroatoms. The highest BCUT2D eigenvalue weighted by molar-refractivity contribution is 5.88. The summed E-state index contributed by atoms with van der Waals surface area (Å²) >= 11 is 0. The number of H-pyrrole nitrogens is 1. The molecule has 0 bridgehead atoms. The minimum Gasteiger partial charge on any atom is -0.292 e. The quantitative estimate of drug-likeness (QED) is 0.853. The number of amides is 1. The Hall–Kier alpha value is -2.51. The predicted octanol–water partition coefficient (Wildman–Crippen LogP) is 1.08. The fourth-order valence-electron chi connectivity index (χ4n) is 2.84. The first-order valence-electron chi connectivity index (χ1n) is 8.32. The van der Waals surface area contributed by atoms with Crippen molar-refractivity contribution in [1.82, 2.24) is 25.0 Å². The van der Waals surface area contributed by atoms with Crippen molar-refractivity contribution in [1.29, 1.82) is 0 Å². The Balaban J connectivity index is 1.66. The van der Waals surface area contributed by atoms with E-state index in [2.05, 4.69) is 39.4 Å². The van der Waals surface area contributed by atoms with Crippen LogP contribution in [0.3, 0.4) is 0 Å². The van der Waals surface area contributed by atoms with Crippen molar-refractivity contribution in [2.24, 2.45) is 5.92 Å². The van der Waals surface area contributed by atoms with E-state index in [0.29, 0.717) is 5.92 Å². The maximum Gasteiger partial charge on any atom is 0.267 e. The van der Waals surface area contributed by atoms with Crippen LogP contribution < -0.4 is 10.9 Å². The molecule has 0 saturated heterocycles. The second-order valence-electron chi connectivity index (χ2n) is 6.57. The second kappa shape index (κ2) is 6.94. The van der Waals surface area contributed by atoms with Gasteiger partial charge in [-0.15, -0.1) is 5.10 Å². The molecule has 2 aromatic heterocycles. The zero-order chi connectivity index (χ0) is 17.1. The Morgan fingerprint density at radius 3 is 2.96 bits per heavy atom. The molecule has 24 heavy (non-hydrogen) atoms. The number of hydrogen-bond donors (Lipinski definition) is 2. The van der Waals surface area contributed by atoms with Crippen LogP contribution in [-0.4, -0.2) is 30.9 Å². The van der Waals surface area contributed by atoms with Crippen LogP contribution in [0.2, 0.25) is 0 Å². The molecule has 2 N–H and O–H groups in total. The number of fused-ring (bicyclic) bond motifs is 1. The van der Waals surface area contributed by atoms with Crippen molar-refractivity contribution >= 4 is 11.9 Å². The Morgan fingerprint density at radius 1 is 1.38 bits per heavy atom. The lowest BCUT2D eigenvalue weighted by Gasteiger charge is -2.15. The molecule has 1 amide bonds. The number of aryl methyl sites for hydroxylation is 2. The first kappa shape index (κ1) is 16.4. The number of aromatic amines is 1. The molecule has 1 aliphatic rings. The van der Waals surface area contributed by atoms with Crippen molar-refractivity contribution in [2.45, 2.75) is 52.5 Å². The molecule has 2 heterocycles. The fourth-order valence-corrected chi connectivity index (χ4v) is 2.84. The zero-order valence-corrected chi connectivity index (χ0v) is 14.0. The van der Waals surface area contributed by atoms with E-state index in [9.17, 15) is 9.59 Å². The van der Waals surface area contributed by atoms with Crippen LogP contribution in [0.1, 0.15) is 43.8 Å². The molecule has 8 nitrogen and oxygen atoms in total. The Bertz CT molecular complexity index is 792. The van der Waals surface area contributed by atoms with Gasteiger partial charge in [0.25, 0.3) is 5.56 Å². The summed E-state index contributed by atoms with van der Waals surface area (Å²) in [5.74, 6) is 1.03. The summed E-state index contributed by atoms with van der Waals surface area (Å²) in [6.45, 7) is 4.02. The molecule has 0 spiro atoms. The number of hydrogen-bond acceptors (Lipinski definition) is 5. The van der Waals surface area contributed by atoms with Crippen molar-refractivity contribution in [3.63, 3.8) is 0 Å². The topological polar surface area (TPSA) is 106 Å². The van der Waals surface area contributed by atoms with E-state index in [0.717, 1.165) is 49.2 Å². The smallest absolute Gasteiger partial charge is 0.267 e. The lowest BCUT2D eigenvalue weighted by Crippen LogP contribution is -2.31. The van der Waals surface area contributed by atoms with Crippen molar-refractivity contribution in [3.8, 4) is 0 Å². The molecular weight excluding hydrogens is 308 g/mol. The van der Waals surface area contributed by atoms with E-state index in [4.69, 9.17) is 0 Å². The van der Waals surface area contributed by atoms with Crippen molar-refractivity contribution in [2.75, 3.05) is 5.32 Å². The SMILES string of the molecule is CC(C)Cc1nc(NC(=O)Cn2nc3c(cc2=O)CCCC3)n[nH]1. The third kappa shape index (κ3) is 3.87. The van der Waals surface area contributed by atoms with Gasteiger partial charge in [-0.25, -0.2) is 4.68 Å². The van der Waals surface area contributed by atoms with Crippen LogP contribution in [0.5, 0.6) is 0 Å². The van der Waals surface area contributed by atoms with Crippen LogP contribution in [-0.2, 0) is 30.6 Å². The summed E-state index contributed by atoms with van der Waals surface area (Å²) in [6.07, 6.45) is 4.66. The van der Waals surface area contributed by atoms with Gasteiger partial charge in [0.05, 0.1) is 5.69 Å². The van der Waals surface area contributed by atoms with Crippen LogP contribution in [0.4, 0.5) is 5.95 Å². The number of carbonyl (C=O) groups excluding carboxylic acids is 1. The van der Waals surface area contributed by atoms with Crippen LogP contribution in [0.25, 0.3) is 0 Å². The van der Waals surface area contributed by atoms with E-state index < -0.39 is 0 Å². The van der Waals surface area contributed by atoms with Gasteiger partial charge in [-0.3, -0.25) is 20.0 Å². The summed E-state index contributed by atoms with van der Waals surface area (Å²) < 4.78 is 1.21. The van der Waals surface area contributed by atoms with Gasteiger partial charge in [0.1, 0.15) is 12.4 Å². The minimum absolute atomic E-state index is 0.139. The number of nitrogens with one attached hydrogen (secondary N) is 2. The summed E-state index contributed by atoms with van der Waals surface area (Å²) in [4.78, 5) is 28.4. The molecule has 0 unspecified atom stereocenters. The lowest BCUT2D eigenvalue weighted by atomic mass is 9.97. The van der Waals surface area contributed by atoms with Gasteiger partial charge in [0.2, 0.25) is 11.9 Å². The van der Waals surface area contributed by atoms with Crippen molar-refractivity contribution in [3.05, 3.63) is 33.5 Å². The molecule has 0 aromatic carbocycles. The molecule has 0 radical (unpaired) electrons. The molecular formula is C16H22N6O2. The third-order valence-electron chi connectivity index (χ3n) is 3.95. The van der Waals surface area contributed by atoms with Gasteiger partial charge in [0.15, 0.2) is 0 Å². The maximum absolute atomic E-state index is 12.1. The first-order valence-corrected chi connectivity index (χ1v) is 8.32. The average molecular weight is 330 g/mol. The standard InChI is InChI=1S/C16H22N6O2/c1-10(2)7-13-17-16(20-19-13)18-14(23)9-22-15(24)8-11-5-3-4-6-12(11)21-22/h8,10H,3-7,9H2,1-2H3,(H2,17,18,19,20,23). The fraction of sp³-hybridized carbons (Fsp3) is 0.562. The lowest BCUT2D eigenvalue weighted by molar-refractivity contribution is -0.117. The molecule has 128 valence electrons. The maximum atomic E-state index is 12.1. The van der Waals surface area contributed by atoms with Crippen molar-refractivity contribution < 1.29 is 4.79 Å². The van der Waals surface area contributed by atoms with E-state index in [1.54, 1.807) is 6.07 Å². The monoisotopic (exact) mass is 330 g/mol. The molecule has 2 aromatic rings. The number of rotatable bonds is 5. The summed E-state index contributed by atoms with van der Waals surface area (Å²) in [6, 6.07) is 1.60. The van der Waals surface area contributed by atoms with Crippen LogP contribution >= 0.6 is 0 Å². The highest BCUT2D eigenvalue weighted by Gasteiger charge is 2.15. The van der Waals surface area contributed by atoms with Gasteiger partial charge >= 0.3 is 0 Å². The van der Waals surface area contributed by atoms with Crippen LogP contribution in [0.15, 0.2) is 10.9 Å². The highest BCUT2D eigenvalue weighted by atomic mass is 16.2. The van der Waals surface area contributed by atoms with Crippen LogP contribution in [0, 0.1) is 5.92 Å². The molecule has 0 saturated carbocycles. The van der Waals surface area contributed by atoms with Gasteiger partial charge < -0.3 is 0 Å². The Labute approximate surface area is 139 Å². The summed E-state index contributed by atoms with van der Waals surface area (Å²) in [5.41, 5.74) is 1.68. The largest absolute Gasteiger partial charge is 0.292 e. The zero-order valence-electron chi connectivity index (χ0n) is 14.0. The summed E-state index contributed by atoms with van der Waals surface area (Å²) in [5, 5.41) is 13.7. The minimum atomic E-state index is -0.365. The second-order valence-corrected chi connectivity index (χ2v) is 6.57. The number of carbonyl (C=O) groups is 1. The molecule has 0 fully saturated rings. The third-order valence-corrected chi connectivity index (χ3v) is 3.95. The average Bonchev–Trinajstić information content (AvgIpc) is 2.94. The number of aromatic nitrogens is 5. The first-order chi connectivity index (χ1) is 11.5. The molecule has 0 atom stereocenters. The Kier molecular flexibility index (Phi) is 4.73.